The van der Waals surface area contributed by atoms with Gasteiger partial charge in [-0.25, -0.2) is 9.97 Å². The van der Waals surface area contributed by atoms with Crippen LogP contribution in [0.4, 0.5) is 24.7 Å². The van der Waals surface area contributed by atoms with Crippen molar-refractivity contribution >= 4 is 35.1 Å². The molecule has 2 aromatic heterocycles. The lowest BCUT2D eigenvalue weighted by molar-refractivity contribution is -0.274. The average Bonchev–Trinajstić information content (AvgIpc) is 2.83. The lowest BCUT2D eigenvalue weighted by Gasteiger charge is -2.11. The number of carbonyl (C=O) groups excluding carboxylic acids is 2. The number of carbonyl (C=O) groups is 2. The van der Waals surface area contributed by atoms with Crippen molar-refractivity contribution < 1.29 is 32.6 Å². The third-order valence-electron chi connectivity index (χ3n) is 4.40. The summed E-state index contributed by atoms with van der Waals surface area (Å²) in [5, 5.41) is 17.3. The van der Waals surface area contributed by atoms with Gasteiger partial charge < -0.3 is 25.8 Å². The maximum Gasteiger partial charge on any atom is 0.573 e. The Morgan fingerprint density at radius 3 is 2.53 bits per heavy atom. The minimum Gasteiger partial charge on any atom is -0.406 e. The van der Waals surface area contributed by atoms with Crippen LogP contribution in [0.25, 0.3) is 0 Å². The highest BCUT2D eigenvalue weighted by Gasteiger charge is 2.31. The zero-order chi connectivity index (χ0) is 26.0. The maximum atomic E-state index is 12.8. The molecule has 0 saturated carbocycles. The predicted octanol–water partition coefficient (Wildman–Crippen LogP) is 3.44. The zero-order valence-corrected chi connectivity index (χ0v) is 19.5. The first kappa shape index (κ1) is 26.9. The average molecular weight is 522 g/mol. The van der Waals surface area contributed by atoms with Gasteiger partial charge in [-0.15, -0.1) is 24.9 Å². The van der Waals surface area contributed by atoms with Crippen LogP contribution in [-0.4, -0.2) is 52.9 Å². The fraction of sp³-hybridized carbons (Fsp3) is 0.217. The number of rotatable bonds is 11. The molecule has 0 aliphatic carbocycles. The number of aromatic nitrogens is 2. The van der Waals surface area contributed by atoms with Crippen LogP contribution in [0.15, 0.2) is 66.0 Å². The number of benzene rings is 1. The first-order valence-electron chi connectivity index (χ1n) is 10.5. The van der Waals surface area contributed by atoms with Crippen molar-refractivity contribution in [3.05, 3.63) is 72.1 Å². The van der Waals surface area contributed by atoms with E-state index in [1.807, 2.05) is 0 Å². The fourth-order valence-electron chi connectivity index (χ4n) is 2.87. The Morgan fingerprint density at radius 1 is 1.03 bits per heavy atom. The van der Waals surface area contributed by atoms with Crippen LogP contribution >= 0.6 is 11.8 Å². The van der Waals surface area contributed by atoms with Crippen molar-refractivity contribution in [2.45, 2.75) is 17.1 Å². The number of hydrogen-bond donors (Lipinski definition) is 4. The molecule has 36 heavy (non-hydrogen) atoms. The Labute approximate surface area is 208 Å². The summed E-state index contributed by atoms with van der Waals surface area (Å²) in [5.74, 6) is -0.390. The first-order valence-corrected chi connectivity index (χ1v) is 11.5. The molecule has 3 aromatic rings. The second-order valence-electron chi connectivity index (χ2n) is 7.17. The van der Waals surface area contributed by atoms with Crippen LogP contribution in [-0.2, 0) is 10.5 Å². The van der Waals surface area contributed by atoms with Crippen LogP contribution < -0.4 is 20.7 Å². The Hall–Kier alpha value is -3.68. The van der Waals surface area contributed by atoms with Crippen LogP contribution in [0.5, 0.6) is 5.75 Å². The molecule has 0 spiro atoms. The second kappa shape index (κ2) is 12.9. The van der Waals surface area contributed by atoms with Crippen LogP contribution in [0.1, 0.15) is 15.9 Å². The quantitative estimate of drug-likeness (QED) is 0.223. The van der Waals surface area contributed by atoms with Crippen molar-refractivity contribution in [2.75, 3.05) is 30.3 Å². The Balaban J connectivity index is 1.61. The van der Waals surface area contributed by atoms with Crippen LogP contribution in [0.3, 0.4) is 0 Å². The summed E-state index contributed by atoms with van der Waals surface area (Å²) in [4.78, 5) is 33.1. The smallest absolute Gasteiger partial charge is 0.406 e. The van der Waals surface area contributed by atoms with E-state index in [2.05, 4.69) is 30.7 Å². The molecule has 2 amide bonds. The highest BCUT2D eigenvalue weighted by atomic mass is 32.2. The number of ether oxygens (including phenoxy) is 1. The molecule has 0 unspecified atom stereocenters. The highest BCUT2D eigenvalue weighted by molar-refractivity contribution is 7.98. The van der Waals surface area contributed by atoms with Gasteiger partial charge in [0.2, 0.25) is 5.91 Å². The van der Waals surface area contributed by atoms with Crippen molar-refractivity contribution in [2.24, 2.45) is 0 Å². The summed E-state index contributed by atoms with van der Waals surface area (Å²) in [6.45, 7) is 0.260. The van der Waals surface area contributed by atoms with Gasteiger partial charge in [-0.1, -0.05) is 0 Å². The van der Waals surface area contributed by atoms with Crippen LogP contribution in [0, 0.1) is 0 Å². The van der Waals surface area contributed by atoms with Gasteiger partial charge in [0.15, 0.2) is 0 Å². The molecule has 190 valence electrons. The minimum atomic E-state index is -4.80. The first-order chi connectivity index (χ1) is 17.2. The van der Waals surface area contributed by atoms with Crippen LogP contribution in [0.2, 0.25) is 0 Å². The molecule has 0 aliphatic heterocycles. The van der Waals surface area contributed by atoms with E-state index in [-0.39, 0.29) is 30.3 Å². The van der Waals surface area contributed by atoms with E-state index < -0.39 is 18.0 Å². The molecule has 2 heterocycles. The minimum absolute atomic E-state index is 0.0334. The summed E-state index contributed by atoms with van der Waals surface area (Å²) in [7, 11) is 0. The number of thioether (sulfide) groups is 1. The molecule has 1 aromatic carbocycles. The van der Waals surface area contributed by atoms with Crippen molar-refractivity contribution in [1.82, 2.24) is 15.3 Å². The number of pyridine rings is 2. The summed E-state index contributed by atoms with van der Waals surface area (Å²) >= 11 is 1.29. The summed E-state index contributed by atoms with van der Waals surface area (Å²) in [6, 6.07) is 11.5. The Bertz CT molecular complexity index is 1180. The van der Waals surface area contributed by atoms with E-state index in [4.69, 9.17) is 5.11 Å². The van der Waals surface area contributed by atoms with Gasteiger partial charge in [-0.05, 0) is 54.1 Å². The number of aliphatic hydroxyl groups excluding tert-OH is 1. The number of hydrogen-bond acceptors (Lipinski definition) is 8. The van der Waals surface area contributed by atoms with E-state index in [0.29, 0.717) is 23.1 Å². The van der Waals surface area contributed by atoms with Gasteiger partial charge in [-0.3, -0.25) is 9.59 Å². The molecule has 0 aliphatic rings. The van der Waals surface area contributed by atoms with Gasteiger partial charge >= 0.3 is 6.36 Å². The standard InChI is InChI=1S/C23H22F3N5O4S/c24-23(25,26)35-17-5-3-16(4-6-17)30-21(34)18-2-1-8-29-22(18)36-14-15-7-9-28-19(12-15)31-20(33)13-27-10-11-32/h1-9,12,27,32H,10-11,13-14H2,(H,30,34)(H,28,31,33). The molecule has 0 radical (unpaired) electrons. The molecule has 3 rings (SSSR count). The predicted molar refractivity (Wildman–Crippen MR) is 128 cm³/mol. The Kier molecular flexibility index (Phi) is 9.61. The largest absolute Gasteiger partial charge is 0.573 e. The monoisotopic (exact) mass is 521 g/mol. The van der Waals surface area contributed by atoms with Gasteiger partial charge in [0, 0.05) is 30.4 Å². The molecular weight excluding hydrogens is 499 g/mol. The zero-order valence-electron chi connectivity index (χ0n) is 18.7. The molecule has 4 N–H and O–H groups in total. The molecule has 0 bridgehead atoms. The van der Waals surface area contributed by atoms with Gasteiger partial charge in [-0.2, -0.15) is 0 Å². The summed E-state index contributed by atoms with van der Waals surface area (Å²) < 4.78 is 40.8. The van der Waals surface area contributed by atoms with E-state index in [9.17, 15) is 22.8 Å². The van der Waals surface area contributed by atoms with Gasteiger partial charge in [0.05, 0.1) is 18.7 Å². The van der Waals surface area contributed by atoms with Crippen molar-refractivity contribution in [3.8, 4) is 5.75 Å². The molecule has 9 nitrogen and oxygen atoms in total. The van der Waals surface area contributed by atoms with Gasteiger partial charge in [0.1, 0.15) is 16.6 Å². The number of aliphatic hydroxyl groups is 1. The van der Waals surface area contributed by atoms with E-state index in [0.717, 1.165) is 17.7 Å². The number of amides is 2. The Morgan fingerprint density at radius 2 is 1.81 bits per heavy atom. The van der Waals surface area contributed by atoms with Crippen molar-refractivity contribution in [1.29, 1.82) is 0 Å². The van der Waals surface area contributed by atoms with E-state index in [1.165, 1.54) is 23.9 Å². The number of halogens is 3. The lowest BCUT2D eigenvalue weighted by atomic mass is 10.2. The fourth-order valence-corrected chi connectivity index (χ4v) is 3.80. The molecule has 0 fully saturated rings. The SMILES string of the molecule is O=C(CNCCO)Nc1cc(CSc2ncccc2C(=O)Nc2ccc(OC(F)(F)F)cc2)ccn1. The topological polar surface area (TPSA) is 125 Å². The number of nitrogens with one attached hydrogen (secondary N) is 3. The molecule has 0 saturated heterocycles. The number of nitrogens with zero attached hydrogens (tertiary/aromatic N) is 2. The molecule has 0 atom stereocenters. The second-order valence-corrected chi connectivity index (χ2v) is 8.13. The summed E-state index contributed by atoms with van der Waals surface area (Å²) in [6.07, 6.45) is -1.71. The van der Waals surface area contributed by atoms with Crippen molar-refractivity contribution in [3.63, 3.8) is 0 Å². The number of anilines is 2. The molecular formula is C23H22F3N5O4S. The van der Waals surface area contributed by atoms with Gasteiger partial charge in [0.25, 0.3) is 5.91 Å². The third kappa shape index (κ3) is 8.83. The third-order valence-corrected chi connectivity index (χ3v) is 5.48. The maximum absolute atomic E-state index is 12.8. The summed E-state index contributed by atoms with van der Waals surface area (Å²) in [5.41, 5.74) is 1.40. The van der Waals surface area contributed by atoms with E-state index >= 15 is 0 Å². The molecule has 13 heteroatoms. The highest BCUT2D eigenvalue weighted by Crippen LogP contribution is 2.27. The van der Waals surface area contributed by atoms with E-state index in [1.54, 1.807) is 36.7 Å². The number of alkyl halides is 3. The normalized spacial score (nSPS) is 11.1. The lowest BCUT2D eigenvalue weighted by Crippen LogP contribution is -2.30.